The maximum Gasteiger partial charge on any atom is 0.118 e. The molecule has 13 heavy (non-hydrogen) atoms. The molecule has 0 unspecified atom stereocenters. The van der Waals surface area contributed by atoms with Crippen molar-refractivity contribution in [2.45, 2.75) is 33.7 Å². The highest BCUT2D eigenvalue weighted by Crippen LogP contribution is 2.25. The highest BCUT2D eigenvalue weighted by molar-refractivity contribution is 5.56. The second kappa shape index (κ2) is 3.69. The quantitative estimate of drug-likeness (QED) is 0.684. The van der Waals surface area contributed by atoms with E-state index in [1.807, 2.05) is 19.9 Å². The first-order valence-electron chi connectivity index (χ1n) is 4.57. The number of hydrogen-bond acceptors (Lipinski definition) is 2. The van der Waals surface area contributed by atoms with Gasteiger partial charge in [-0.1, -0.05) is 0 Å². The summed E-state index contributed by atoms with van der Waals surface area (Å²) in [6, 6.07) is 4.19. The van der Waals surface area contributed by atoms with E-state index in [0.717, 1.165) is 16.8 Å². The van der Waals surface area contributed by atoms with Crippen molar-refractivity contribution < 1.29 is 5.11 Å². The average Bonchev–Trinajstić information content (AvgIpc) is 1.99. The maximum absolute atomic E-state index is 9.43. The van der Waals surface area contributed by atoms with Crippen LogP contribution in [0, 0.1) is 13.8 Å². The molecule has 0 atom stereocenters. The van der Waals surface area contributed by atoms with Gasteiger partial charge in [0.25, 0.3) is 0 Å². The zero-order valence-electron chi connectivity index (χ0n) is 8.68. The van der Waals surface area contributed by atoms with Crippen LogP contribution >= 0.6 is 0 Å². The number of phenolic OH excluding ortho intramolecular Hbond substituents is 1. The average molecular weight is 179 g/mol. The Morgan fingerprint density at radius 1 is 1.15 bits per heavy atom. The van der Waals surface area contributed by atoms with Crippen molar-refractivity contribution in [2.24, 2.45) is 0 Å². The van der Waals surface area contributed by atoms with E-state index in [0.29, 0.717) is 11.8 Å². The van der Waals surface area contributed by atoms with E-state index in [1.165, 1.54) is 0 Å². The molecular weight excluding hydrogens is 162 g/mol. The van der Waals surface area contributed by atoms with Gasteiger partial charge in [-0.05, 0) is 51.0 Å². The summed E-state index contributed by atoms with van der Waals surface area (Å²) >= 11 is 0. The Bertz CT molecular complexity index is 305. The number of nitrogens with one attached hydrogen (secondary N) is 1. The van der Waals surface area contributed by atoms with E-state index in [2.05, 4.69) is 19.2 Å². The van der Waals surface area contributed by atoms with Gasteiger partial charge in [-0.3, -0.25) is 0 Å². The summed E-state index contributed by atoms with van der Waals surface area (Å²) in [5.74, 6) is 0.367. The number of aryl methyl sites for hydroxylation is 2. The van der Waals surface area contributed by atoms with Crippen LogP contribution in [0.4, 0.5) is 5.69 Å². The normalized spacial score (nSPS) is 10.5. The Kier molecular flexibility index (Phi) is 2.81. The van der Waals surface area contributed by atoms with Crippen molar-refractivity contribution in [3.63, 3.8) is 0 Å². The molecule has 72 valence electrons. The molecule has 0 aliphatic rings. The molecule has 0 spiro atoms. The van der Waals surface area contributed by atoms with Crippen LogP contribution < -0.4 is 5.32 Å². The SMILES string of the molecule is Cc1cc(NC(C)C)c(C)cc1O. The fourth-order valence-electron chi connectivity index (χ4n) is 1.27. The van der Waals surface area contributed by atoms with Crippen molar-refractivity contribution >= 4 is 5.69 Å². The first kappa shape index (κ1) is 9.90. The van der Waals surface area contributed by atoms with Gasteiger partial charge in [-0.15, -0.1) is 0 Å². The van der Waals surface area contributed by atoms with Gasteiger partial charge in [0.05, 0.1) is 0 Å². The van der Waals surface area contributed by atoms with Gasteiger partial charge < -0.3 is 10.4 Å². The van der Waals surface area contributed by atoms with E-state index in [9.17, 15) is 5.11 Å². The summed E-state index contributed by atoms with van der Waals surface area (Å²) in [4.78, 5) is 0. The van der Waals surface area contributed by atoms with Crippen LogP contribution in [0.3, 0.4) is 0 Å². The standard InChI is InChI=1S/C11H17NO/c1-7(2)12-10-5-9(4)11(13)6-8(10)3/h5-7,12-13H,1-4H3. The minimum atomic E-state index is 0.367. The lowest BCUT2D eigenvalue weighted by Crippen LogP contribution is -2.10. The lowest BCUT2D eigenvalue weighted by Gasteiger charge is -2.14. The molecule has 0 saturated carbocycles. The highest BCUT2D eigenvalue weighted by atomic mass is 16.3. The molecule has 0 amide bonds. The van der Waals surface area contributed by atoms with Crippen LogP contribution in [0.5, 0.6) is 5.75 Å². The van der Waals surface area contributed by atoms with Crippen molar-refractivity contribution in [1.29, 1.82) is 0 Å². The van der Waals surface area contributed by atoms with Gasteiger partial charge in [0.15, 0.2) is 0 Å². The molecule has 0 heterocycles. The fraction of sp³-hybridized carbons (Fsp3) is 0.455. The number of hydrogen-bond donors (Lipinski definition) is 2. The zero-order chi connectivity index (χ0) is 10.0. The molecule has 0 bridgehead atoms. The molecule has 0 saturated heterocycles. The molecule has 0 fully saturated rings. The second-order valence-corrected chi connectivity index (χ2v) is 3.75. The number of rotatable bonds is 2. The first-order valence-corrected chi connectivity index (χ1v) is 4.57. The lowest BCUT2D eigenvalue weighted by atomic mass is 10.1. The highest BCUT2D eigenvalue weighted by Gasteiger charge is 2.03. The fourth-order valence-corrected chi connectivity index (χ4v) is 1.27. The van der Waals surface area contributed by atoms with E-state index in [4.69, 9.17) is 0 Å². The largest absolute Gasteiger partial charge is 0.508 e. The van der Waals surface area contributed by atoms with Crippen LogP contribution in [0.15, 0.2) is 12.1 Å². The van der Waals surface area contributed by atoms with Gasteiger partial charge in [0, 0.05) is 11.7 Å². The third kappa shape index (κ3) is 2.38. The Morgan fingerprint density at radius 3 is 2.31 bits per heavy atom. The lowest BCUT2D eigenvalue weighted by molar-refractivity contribution is 0.471. The molecule has 2 nitrogen and oxygen atoms in total. The van der Waals surface area contributed by atoms with Crippen LogP contribution in [0.1, 0.15) is 25.0 Å². The smallest absolute Gasteiger partial charge is 0.118 e. The van der Waals surface area contributed by atoms with Gasteiger partial charge in [0.2, 0.25) is 0 Å². The van der Waals surface area contributed by atoms with Crippen molar-refractivity contribution in [1.82, 2.24) is 0 Å². The first-order chi connectivity index (χ1) is 6.00. The van der Waals surface area contributed by atoms with Crippen LogP contribution in [-0.4, -0.2) is 11.1 Å². The summed E-state index contributed by atoms with van der Waals surface area (Å²) in [7, 11) is 0. The maximum atomic E-state index is 9.43. The predicted octanol–water partition coefficient (Wildman–Crippen LogP) is 2.83. The number of aromatic hydroxyl groups is 1. The molecule has 1 aromatic carbocycles. The Morgan fingerprint density at radius 2 is 1.77 bits per heavy atom. The van der Waals surface area contributed by atoms with E-state index < -0.39 is 0 Å². The molecule has 2 N–H and O–H groups in total. The van der Waals surface area contributed by atoms with Gasteiger partial charge in [-0.2, -0.15) is 0 Å². The Balaban J connectivity index is 3.01. The molecule has 0 aliphatic carbocycles. The molecular formula is C11H17NO. The summed E-state index contributed by atoms with van der Waals surface area (Å²) < 4.78 is 0. The van der Waals surface area contributed by atoms with Gasteiger partial charge in [-0.25, -0.2) is 0 Å². The summed E-state index contributed by atoms with van der Waals surface area (Å²) in [5.41, 5.74) is 3.09. The van der Waals surface area contributed by atoms with E-state index in [1.54, 1.807) is 6.07 Å². The van der Waals surface area contributed by atoms with Crippen molar-refractivity contribution in [3.8, 4) is 5.75 Å². The monoisotopic (exact) mass is 179 g/mol. The second-order valence-electron chi connectivity index (χ2n) is 3.75. The van der Waals surface area contributed by atoms with Crippen LogP contribution in [0.2, 0.25) is 0 Å². The van der Waals surface area contributed by atoms with Gasteiger partial charge in [0.1, 0.15) is 5.75 Å². The Hall–Kier alpha value is -1.18. The zero-order valence-corrected chi connectivity index (χ0v) is 8.68. The van der Waals surface area contributed by atoms with Crippen molar-refractivity contribution in [2.75, 3.05) is 5.32 Å². The van der Waals surface area contributed by atoms with E-state index in [-0.39, 0.29) is 0 Å². The minimum absolute atomic E-state index is 0.367. The van der Waals surface area contributed by atoms with E-state index >= 15 is 0 Å². The molecule has 0 aliphatic heterocycles. The number of phenols is 1. The third-order valence-electron chi connectivity index (χ3n) is 1.99. The summed E-state index contributed by atoms with van der Waals surface area (Å²) in [6.45, 7) is 8.09. The topological polar surface area (TPSA) is 32.3 Å². The third-order valence-corrected chi connectivity index (χ3v) is 1.99. The molecule has 1 rings (SSSR count). The Labute approximate surface area is 79.6 Å². The molecule has 1 aromatic rings. The minimum Gasteiger partial charge on any atom is -0.508 e. The van der Waals surface area contributed by atoms with Gasteiger partial charge >= 0.3 is 0 Å². The van der Waals surface area contributed by atoms with Crippen LogP contribution in [-0.2, 0) is 0 Å². The molecule has 2 heteroatoms. The predicted molar refractivity (Wildman–Crippen MR) is 56.3 cm³/mol. The molecule has 0 radical (unpaired) electrons. The summed E-state index contributed by atoms with van der Waals surface area (Å²) in [6.07, 6.45) is 0. The number of anilines is 1. The summed E-state index contributed by atoms with van der Waals surface area (Å²) in [5, 5.41) is 12.8. The van der Waals surface area contributed by atoms with Crippen LogP contribution in [0.25, 0.3) is 0 Å². The van der Waals surface area contributed by atoms with Crippen molar-refractivity contribution in [3.05, 3.63) is 23.3 Å². The molecule has 0 aromatic heterocycles. The number of benzene rings is 1.